The minimum atomic E-state index is -4.75. The van der Waals surface area contributed by atoms with Gasteiger partial charge in [-0.05, 0) is 17.0 Å². The number of carbonyl (C=O) groups excluding carboxylic acids is 1. The van der Waals surface area contributed by atoms with Crippen LogP contribution in [0.15, 0.2) is 41.8 Å². The smallest absolute Gasteiger partial charge is 0.382 e. The maximum Gasteiger partial charge on any atom is 0.416 e. The lowest BCUT2D eigenvalue weighted by Crippen LogP contribution is -2.40. The number of amides is 1. The molecule has 0 radical (unpaired) electrons. The van der Waals surface area contributed by atoms with E-state index in [0.29, 0.717) is 10.4 Å². The average molecular weight is 315 g/mol. The maximum absolute atomic E-state index is 12.2. The third-order valence-corrected chi connectivity index (χ3v) is 3.70. The maximum atomic E-state index is 12.2. The van der Waals surface area contributed by atoms with Crippen LogP contribution in [0.25, 0.3) is 11.1 Å². The molecule has 0 aliphatic carbocycles. The van der Waals surface area contributed by atoms with Crippen molar-refractivity contribution in [2.24, 2.45) is 0 Å². The van der Waals surface area contributed by atoms with Crippen molar-refractivity contribution in [3.05, 3.63) is 46.7 Å². The van der Waals surface area contributed by atoms with Gasteiger partial charge in [-0.3, -0.25) is 4.79 Å². The van der Waals surface area contributed by atoms with Gasteiger partial charge >= 0.3 is 6.18 Å². The molecule has 3 nitrogen and oxygen atoms in total. The van der Waals surface area contributed by atoms with Gasteiger partial charge in [0.05, 0.1) is 11.4 Å². The van der Waals surface area contributed by atoms with Crippen LogP contribution in [0.5, 0.6) is 0 Å². The standard InChI is InChI=1S/C14H12F3NO2S/c15-14(16,17)11(19)8-18-13(20)12-10(6-7-21-12)9-4-2-1-3-5-9/h1-7,11,19H,8H2,(H,18,20). The van der Waals surface area contributed by atoms with E-state index in [-0.39, 0.29) is 0 Å². The summed E-state index contributed by atoms with van der Waals surface area (Å²) in [6.07, 6.45) is -7.31. The van der Waals surface area contributed by atoms with E-state index in [9.17, 15) is 18.0 Å². The SMILES string of the molecule is O=C(NCC(O)C(F)(F)F)c1sccc1-c1ccccc1. The second kappa shape index (κ2) is 6.28. The summed E-state index contributed by atoms with van der Waals surface area (Å²) >= 11 is 1.14. The summed E-state index contributed by atoms with van der Waals surface area (Å²) in [5, 5.41) is 12.7. The summed E-state index contributed by atoms with van der Waals surface area (Å²) in [6.45, 7) is -0.867. The zero-order valence-corrected chi connectivity index (χ0v) is 11.5. The molecular weight excluding hydrogens is 303 g/mol. The molecule has 7 heteroatoms. The highest BCUT2D eigenvalue weighted by Crippen LogP contribution is 2.28. The Bertz CT molecular complexity index is 610. The van der Waals surface area contributed by atoms with Gasteiger partial charge in [0.25, 0.3) is 5.91 Å². The van der Waals surface area contributed by atoms with E-state index < -0.39 is 24.7 Å². The zero-order chi connectivity index (χ0) is 15.5. The van der Waals surface area contributed by atoms with Crippen molar-refractivity contribution in [2.45, 2.75) is 12.3 Å². The molecule has 21 heavy (non-hydrogen) atoms. The van der Waals surface area contributed by atoms with Crippen molar-refractivity contribution in [1.29, 1.82) is 0 Å². The lowest BCUT2D eigenvalue weighted by Gasteiger charge is -2.15. The Morgan fingerprint density at radius 2 is 1.90 bits per heavy atom. The molecule has 0 fully saturated rings. The molecule has 0 aliphatic rings. The summed E-state index contributed by atoms with van der Waals surface area (Å²) in [6, 6.07) is 10.8. The lowest BCUT2D eigenvalue weighted by atomic mass is 10.1. The number of alkyl halides is 3. The monoisotopic (exact) mass is 315 g/mol. The van der Waals surface area contributed by atoms with Gasteiger partial charge in [0.2, 0.25) is 0 Å². The highest BCUT2D eigenvalue weighted by Gasteiger charge is 2.38. The van der Waals surface area contributed by atoms with Crippen LogP contribution in [0, 0.1) is 0 Å². The predicted molar refractivity (Wildman–Crippen MR) is 74.2 cm³/mol. The van der Waals surface area contributed by atoms with Crippen molar-refractivity contribution >= 4 is 17.2 Å². The molecule has 1 aromatic carbocycles. The van der Waals surface area contributed by atoms with Gasteiger partial charge in [0.1, 0.15) is 0 Å². The minimum Gasteiger partial charge on any atom is -0.382 e. The van der Waals surface area contributed by atoms with Crippen LogP contribution < -0.4 is 5.32 Å². The fourth-order valence-corrected chi connectivity index (χ4v) is 2.55. The third kappa shape index (κ3) is 3.83. The predicted octanol–water partition coefficient (Wildman–Crippen LogP) is 3.07. The van der Waals surface area contributed by atoms with Crippen LogP contribution in [0.4, 0.5) is 13.2 Å². The molecule has 2 aromatic rings. The van der Waals surface area contributed by atoms with E-state index in [2.05, 4.69) is 5.32 Å². The van der Waals surface area contributed by atoms with Crippen LogP contribution in [0.1, 0.15) is 9.67 Å². The van der Waals surface area contributed by atoms with Crippen molar-refractivity contribution < 1.29 is 23.1 Å². The molecule has 2 N–H and O–H groups in total. The van der Waals surface area contributed by atoms with Crippen LogP contribution in [-0.2, 0) is 0 Å². The largest absolute Gasteiger partial charge is 0.416 e. The number of rotatable bonds is 4. The summed E-state index contributed by atoms with van der Waals surface area (Å²) in [4.78, 5) is 12.3. The summed E-state index contributed by atoms with van der Waals surface area (Å²) in [7, 11) is 0. The van der Waals surface area contributed by atoms with Gasteiger partial charge in [-0.1, -0.05) is 30.3 Å². The number of aliphatic hydroxyl groups is 1. The van der Waals surface area contributed by atoms with Crippen molar-refractivity contribution in [3.63, 3.8) is 0 Å². The topological polar surface area (TPSA) is 49.3 Å². The van der Waals surface area contributed by atoms with E-state index in [4.69, 9.17) is 5.11 Å². The number of halogens is 3. The molecule has 1 unspecified atom stereocenters. The van der Waals surface area contributed by atoms with Crippen LogP contribution >= 0.6 is 11.3 Å². The molecule has 0 bridgehead atoms. The molecule has 1 aromatic heterocycles. The molecule has 112 valence electrons. The van der Waals surface area contributed by atoms with E-state index in [1.54, 1.807) is 11.4 Å². The molecule has 2 rings (SSSR count). The Balaban J connectivity index is 2.10. The fourth-order valence-electron chi connectivity index (χ4n) is 1.72. The van der Waals surface area contributed by atoms with Gasteiger partial charge in [-0.2, -0.15) is 13.2 Å². The second-order valence-electron chi connectivity index (χ2n) is 4.30. The lowest BCUT2D eigenvalue weighted by molar-refractivity contribution is -0.201. The molecule has 0 saturated heterocycles. The van der Waals surface area contributed by atoms with Crippen molar-refractivity contribution in [3.8, 4) is 11.1 Å². The van der Waals surface area contributed by atoms with Crippen LogP contribution in [0.3, 0.4) is 0 Å². The molecule has 1 amide bonds. The van der Waals surface area contributed by atoms with Gasteiger partial charge < -0.3 is 10.4 Å². The van der Waals surface area contributed by atoms with Crippen LogP contribution in [0.2, 0.25) is 0 Å². The van der Waals surface area contributed by atoms with Crippen molar-refractivity contribution in [1.82, 2.24) is 5.32 Å². The summed E-state index contributed by atoms with van der Waals surface area (Å²) < 4.78 is 36.6. The summed E-state index contributed by atoms with van der Waals surface area (Å²) in [5.41, 5.74) is 1.46. The van der Waals surface area contributed by atoms with E-state index in [0.717, 1.165) is 16.9 Å². The normalized spacial score (nSPS) is 13.0. The van der Waals surface area contributed by atoms with E-state index in [1.165, 1.54) is 0 Å². The van der Waals surface area contributed by atoms with E-state index in [1.807, 2.05) is 30.3 Å². The number of hydrogen-bond donors (Lipinski definition) is 2. The molecule has 0 spiro atoms. The number of nitrogens with one attached hydrogen (secondary N) is 1. The minimum absolute atomic E-state index is 0.315. The molecule has 0 saturated carbocycles. The number of thiophene rings is 1. The molecule has 0 aliphatic heterocycles. The zero-order valence-electron chi connectivity index (χ0n) is 10.7. The number of hydrogen-bond acceptors (Lipinski definition) is 3. The van der Waals surface area contributed by atoms with Gasteiger partial charge in [-0.15, -0.1) is 11.3 Å². The second-order valence-corrected chi connectivity index (χ2v) is 5.21. The first-order valence-corrected chi connectivity index (χ1v) is 6.93. The Hall–Kier alpha value is -1.86. The third-order valence-electron chi connectivity index (χ3n) is 2.79. The van der Waals surface area contributed by atoms with Crippen LogP contribution in [-0.4, -0.2) is 29.8 Å². The Morgan fingerprint density at radius 3 is 2.52 bits per heavy atom. The quantitative estimate of drug-likeness (QED) is 0.911. The highest BCUT2D eigenvalue weighted by atomic mass is 32.1. The number of carbonyl (C=O) groups is 1. The number of aliphatic hydroxyl groups excluding tert-OH is 1. The first kappa shape index (κ1) is 15.5. The highest BCUT2D eigenvalue weighted by molar-refractivity contribution is 7.12. The summed E-state index contributed by atoms with van der Waals surface area (Å²) in [5.74, 6) is -0.632. The van der Waals surface area contributed by atoms with Crippen molar-refractivity contribution in [2.75, 3.05) is 6.54 Å². The van der Waals surface area contributed by atoms with Gasteiger partial charge in [-0.25, -0.2) is 0 Å². The molecule has 1 atom stereocenters. The first-order valence-electron chi connectivity index (χ1n) is 6.05. The number of benzene rings is 1. The molecular formula is C14H12F3NO2S. The molecule has 1 heterocycles. The fraction of sp³-hybridized carbons (Fsp3) is 0.214. The average Bonchev–Trinajstić information content (AvgIpc) is 2.93. The Labute approximate surface area is 123 Å². The van der Waals surface area contributed by atoms with E-state index >= 15 is 0 Å². The van der Waals surface area contributed by atoms with Gasteiger partial charge in [0.15, 0.2) is 6.10 Å². The Morgan fingerprint density at radius 1 is 1.24 bits per heavy atom. The first-order chi connectivity index (χ1) is 9.89. The van der Waals surface area contributed by atoms with Gasteiger partial charge in [0, 0.05) is 5.56 Å². The Kier molecular flexibility index (Phi) is 4.64.